The second-order valence-corrected chi connectivity index (χ2v) is 1.77. The number of hydrogen-bond donors (Lipinski definition) is 2. The summed E-state index contributed by atoms with van der Waals surface area (Å²) in [6, 6.07) is -0.174. The van der Waals surface area contributed by atoms with Gasteiger partial charge in [0, 0.05) is 6.04 Å². The molecule has 8 heavy (non-hydrogen) atoms. The van der Waals surface area contributed by atoms with E-state index >= 15 is 0 Å². The van der Waals surface area contributed by atoms with Crippen molar-refractivity contribution in [2.45, 2.75) is 25.8 Å². The first-order valence-electron chi connectivity index (χ1n) is 2.64. The largest absolute Gasteiger partial charge is 0.481 e. The minimum absolute atomic E-state index is 0.0799. The number of nitrogens with two attached hydrogens (primary N) is 1. The summed E-state index contributed by atoms with van der Waals surface area (Å²) >= 11 is 0. The molecule has 3 nitrogen and oxygen atoms in total. The maximum atomic E-state index is 9.89. The van der Waals surface area contributed by atoms with Gasteiger partial charge in [-0.1, -0.05) is 6.92 Å². The third kappa shape index (κ3) is 3.61. The van der Waals surface area contributed by atoms with Crippen molar-refractivity contribution in [1.29, 1.82) is 0 Å². The van der Waals surface area contributed by atoms with Gasteiger partial charge >= 0.3 is 5.97 Å². The molecule has 3 heteroatoms. The minimum Gasteiger partial charge on any atom is -0.481 e. The standard InChI is InChI=1S/C5H11NO2/c1-2-4(6)3-5(7)8/h4H,2-3,6H2,1H3,(H,7,8). The summed E-state index contributed by atoms with van der Waals surface area (Å²) in [4.78, 5) is 9.89. The first-order valence-corrected chi connectivity index (χ1v) is 2.64. The van der Waals surface area contributed by atoms with E-state index in [4.69, 9.17) is 10.8 Å². The molecule has 0 radical (unpaired) electrons. The molecule has 48 valence electrons. The van der Waals surface area contributed by atoms with Crippen molar-refractivity contribution in [3.8, 4) is 0 Å². The van der Waals surface area contributed by atoms with Crippen LogP contribution in [0, 0.1) is 0 Å². The molecule has 0 fully saturated rings. The van der Waals surface area contributed by atoms with Crippen LogP contribution in [0.15, 0.2) is 0 Å². The van der Waals surface area contributed by atoms with Gasteiger partial charge in [0.2, 0.25) is 0 Å². The number of carboxylic acid groups (broad SMARTS) is 1. The van der Waals surface area contributed by atoms with Gasteiger partial charge in [-0.05, 0) is 6.42 Å². The number of aliphatic carboxylic acids is 1. The van der Waals surface area contributed by atoms with Crippen molar-refractivity contribution in [2.24, 2.45) is 5.73 Å². The fraction of sp³-hybridized carbons (Fsp3) is 0.800. The molecule has 0 aromatic rings. The first-order chi connectivity index (χ1) is 3.66. The molecule has 0 spiro atoms. The molecule has 0 aromatic heterocycles. The number of carboxylic acids is 1. The Balaban J connectivity index is 3.24. The van der Waals surface area contributed by atoms with Crippen LogP contribution in [0.3, 0.4) is 0 Å². The minimum atomic E-state index is -0.820. The van der Waals surface area contributed by atoms with Crippen LogP contribution in [0.25, 0.3) is 0 Å². The molecule has 0 aliphatic carbocycles. The summed E-state index contributed by atoms with van der Waals surface area (Å²) in [5.41, 5.74) is 5.29. The van der Waals surface area contributed by atoms with Gasteiger partial charge in [-0.15, -0.1) is 0 Å². The van der Waals surface area contributed by atoms with E-state index in [9.17, 15) is 4.79 Å². The van der Waals surface area contributed by atoms with Crippen molar-refractivity contribution in [2.75, 3.05) is 0 Å². The van der Waals surface area contributed by atoms with Crippen molar-refractivity contribution in [1.82, 2.24) is 0 Å². The lowest BCUT2D eigenvalue weighted by atomic mass is 10.2. The van der Waals surface area contributed by atoms with Gasteiger partial charge in [-0.2, -0.15) is 0 Å². The lowest BCUT2D eigenvalue weighted by Crippen LogP contribution is -2.22. The molecular formula is C5H11NO2. The third-order valence-corrected chi connectivity index (χ3v) is 0.961. The normalized spacial score (nSPS) is 13.2. The molecule has 0 saturated heterocycles. The predicted octanol–water partition coefficient (Wildman–Crippen LogP) is 0.198. The van der Waals surface area contributed by atoms with E-state index in [1.807, 2.05) is 6.92 Å². The molecule has 0 bridgehead atoms. The zero-order chi connectivity index (χ0) is 6.57. The van der Waals surface area contributed by atoms with Crippen LogP contribution in [0.2, 0.25) is 0 Å². The molecule has 3 N–H and O–H groups in total. The topological polar surface area (TPSA) is 63.3 Å². The second kappa shape index (κ2) is 3.43. The Morgan fingerprint density at radius 1 is 1.88 bits per heavy atom. The van der Waals surface area contributed by atoms with E-state index in [-0.39, 0.29) is 12.5 Å². The molecule has 0 rings (SSSR count). The Bertz CT molecular complexity index is 82.5. The highest BCUT2D eigenvalue weighted by atomic mass is 16.4. The fourth-order valence-electron chi connectivity index (χ4n) is 0.369. The molecule has 1 unspecified atom stereocenters. The Labute approximate surface area is 48.5 Å². The summed E-state index contributed by atoms with van der Waals surface area (Å²) in [7, 11) is 0. The maximum absolute atomic E-state index is 9.89. The molecular weight excluding hydrogens is 106 g/mol. The van der Waals surface area contributed by atoms with Gasteiger partial charge in [0.15, 0.2) is 0 Å². The first kappa shape index (κ1) is 7.43. The molecule has 0 aromatic carbocycles. The zero-order valence-corrected chi connectivity index (χ0v) is 4.92. The van der Waals surface area contributed by atoms with Crippen LogP contribution in [-0.2, 0) is 4.79 Å². The zero-order valence-electron chi connectivity index (χ0n) is 4.92. The van der Waals surface area contributed by atoms with Gasteiger partial charge in [-0.3, -0.25) is 4.79 Å². The monoisotopic (exact) mass is 117 g/mol. The van der Waals surface area contributed by atoms with Crippen molar-refractivity contribution < 1.29 is 9.90 Å². The summed E-state index contributed by atoms with van der Waals surface area (Å²) in [5.74, 6) is -0.820. The van der Waals surface area contributed by atoms with Crippen molar-refractivity contribution in [3.63, 3.8) is 0 Å². The van der Waals surface area contributed by atoms with Gasteiger partial charge in [0.25, 0.3) is 0 Å². The number of rotatable bonds is 3. The van der Waals surface area contributed by atoms with E-state index < -0.39 is 5.97 Å². The smallest absolute Gasteiger partial charge is 0.304 e. The van der Waals surface area contributed by atoms with Crippen LogP contribution >= 0.6 is 0 Å². The van der Waals surface area contributed by atoms with E-state index in [0.29, 0.717) is 0 Å². The van der Waals surface area contributed by atoms with Crippen LogP contribution in [-0.4, -0.2) is 17.1 Å². The molecule has 0 aliphatic heterocycles. The van der Waals surface area contributed by atoms with E-state index in [0.717, 1.165) is 6.42 Å². The molecule has 1 atom stereocenters. The van der Waals surface area contributed by atoms with Crippen LogP contribution in [0.5, 0.6) is 0 Å². The summed E-state index contributed by atoms with van der Waals surface area (Å²) in [6.45, 7) is 1.87. The van der Waals surface area contributed by atoms with Gasteiger partial charge in [0.05, 0.1) is 6.42 Å². The quantitative estimate of drug-likeness (QED) is 0.555. The van der Waals surface area contributed by atoms with Crippen LogP contribution in [0.4, 0.5) is 0 Å². The molecule has 0 amide bonds. The van der Waals surface area contributed by atoms with E-state index in [2.05, 4.69) is 0 Å². The Kier molecular flexibility index (Phi) is 3.19. The molecule has 0 saturated carbocycles. The molecule has 0 heterocycles. The Morgan fingerprint density at radius 2 is 2.38 bits per heavy atom. The van der Waals surface area contributed by atoms with E-state index in [1.54, 1.807) is 0 Å². The average Bonchev–Trinajstić information content (AvgIpc) is 1.65. The lowest BCUT2D eigenvalue weighted by Gasteiger charge is -2.01. The predicted molar refractivity (Wildman–Crippen MR) is 30.5 cm³/mol. The van der Waals surface area contributed by atoms with Gasteiger partial charge < -0.3 is 10.8 Å². The van der Waals surface area contributed by atoms with E-state index in [1.165, 1.54) is 0 Å². The van der Waals surface area contributed by atoms with Gasteiger partial charge in [0.1, 0.15) is 0 Å². The highest BCUT2D eigenvalue weighted by molar-refractivity contribution is 5.67. The number of carbonyl (C=O) groups is 1. The number of hydrogen-bond acceptors (Lipinski definition) is 2. The summed E-state index contributed by atoms with van der Waals surface area (Å²) in [6.07, 6.45) is 0.808. The second-order valence-electron chi connectivity index (χ2n) is 1.77. The summed E-state index contributed by atoms with van der Waals surface area (Å²) in [5, 5.41) is 8.14. The highest BCUT2D eigenvalue weighted by Gasteiger charge is 2.03. The summed E-state index contributed by atoms with van der Waals surface area (Å²) < 4.78 is 0. The lowest BCUT2D eigenvalue weighted by molar-refractivity contribution is -0.137. The van der Waals surface area contributed by atoms with Crippen molar-refractivity contribution in [3.05, 3.63) is 0 Å². The molecule has 0 aliphatic rings. The fourth-order valence-corrected chi connectivity index (χ4v) is 0.369. The Morgan fingerprint density at radius 3 is 2.50 bits per heavy atom. The van der Waals surface area contributed by atoms with Crippen molar-refractivity contribution >= 4 is 5.97 Å². The highest BCUT2D eigenvalue weighted by Crippen LogP contribution is 1.91. The van der Waals surface area contributed by atoms with Gasteiger partial charge in [-0.25, -0.2) is 0 Å². The Hall–Kier alpha value is -0.570. The average molecular weight is 117 g/mol. The van der Waals surface area contributed by atoms with Crippen LogP contribution in [0.1, 0.15) is 19.8 Å². The maximum Gasteiger partial charge on any atom is 0.304 e. The third-order valence-electron chi connectivity index (χ3n) is 0.961. The SMILES string of the molecule is CCC(N)CC(=O)O. The van der Waals surface area contributed by atoms with Crippen LogP contribution < -0.4 is 5.73 Å².